The molecule has 1 N–H and O–H groups in total. The molecule has 0 aliphatic carbocycles. The Morgan fingerprint density at radius 2 is 2.18 bits per heavy atom. The molecular formula is C14H18F2N4O2. The lowest BCUT2D eigenvalue weighted by molar-refractivity contribution is -0.119. The van der Waals surface area contributed by atoms with Gasteiger partial charge in [-0.2, -0.15) is 0 Å². The first-order valence-electron chi connectivity index (χ1n) is 7.09. The van der Waals surface area contributed by atoms with Crippen molar-refractivity contribution in [2.75, 3.05) is 6.54 Å². The highest BCUT2D eigenvalue weighted by Crippen LogP contribution is 2.18. The number of amides is 2. The lowest BCUT2D eigenvalue weighted by Gasteiger charge is -2.29. The minimum Gasteiger partial charge on any atom is -0.352 e. The molecule has 2 rings (SSSR count). The number of carbonyl (C=O) groups excluding carboxylic acids is 2. The van der Waals surface area contributed by atoms with Crippen LogP contribution in [0.15, 0.2) is 12.4 Å². The molecule has 1 saturated heterocycles. The summed E-state index contributed by atoms with van der Waals surface area (Å²) in [5, 5.41) is 2.79. The number of halogens is 2. The summed E-state index contributed by atoms with van der Waals surface area (Å²) in [6.07, 6.45) is -0.698. The number of carbonyl (C=O) groups is 2. The number of aromatic nitrogens is 2. The van der Waals surface area contributed by atoms with Crippen molar-refractivity contribution in [3.63, 3.8) is 0 Å². The van der Waals surface area contributed by atoms with Gasteiger partial charge >= 0.3 is 0 Å². The van der Waals surface area contributed by atoms with Gasteiger partial charge in [-0.1, -0.05) is 0 Å². The van der Waals surface area contributed by atoms with Gasteiger partial charge < -0.3 is 10.2 Å². The SMILES string of the molecule is CC(C)N(CC1CCC(=O)N1)C(=O)c1cc(C(F)F)ncn1. The quantitative estimate of drug-likeness (QED) is 0.895. The lowest BCUT2D eigenvalue weighted by Crippen LogP contribution is -2.45. The van der Waals surface area contributed by atoms with E-state index in [1.165, 1.54) is 4.90 Å². The Morgan fingerprint density at radius 1 is 1.45 bits per heavy atom. The van der Waals surface area contributed by atoms with Crippen LogP contribution in [-0.2, 0) is 4.79 Å². The molecule has 2 amide bonds. The first-order valence-corrected chi connectivity index (χ1v) is 7.09. The summed E-state index contributed by atoms with van der Waals surface area (Å²) in [5.41, 5.74) is -0.542. The molecule has 1 unspecified atom stereocenters. The van der Waals surface area contributed by atoms with Gasteiger partial charge in [-0.25, -0.2) is 18.7 Å². The van der Waals surface area contributed by atoms with Crippen molar-refractivity contribution in [3.05, 3.63) is 23.8 Å². The molecule has 0 saturated carbocycles. The molecule has 1 aromatic heterocycles. The van der Waals surface area contributed by atoms with Gasteiger partial charge in [0.15, 0.2) is 0 Å². The second kappa shape index (κ2) is 6.76. The van der Waals surface area contributed by atoms with Crippen molar-refractivity contribution in [1.29, 1.82) is 0 Å². The molecule has 1 aromatic rings. The van der Waals surface area contributed by atoms with Crippen LogP contribution in [0.5, 0.6) is 0 Å². The summed E-state index contributed by atoms with van der Waals surface area (Å²) >= 11 is 0. The molecule has 8 heteroatoms. The second-order valence-electron chi connectivity index (χ2n) is 5.48. The molecule has 1 fully saturated rings. The van der Waals surface area contributed by atoms with Gasteiger partial charge in [0, 0.05) is 25.0 Å². The lowest BCUT2D eigenvalue weighted by atomic mass is 10.1. The molecule has 22 heavy (non-hydrogen) atoms. The van der Waals surface area contributed by atoms with Crippen molar-refractivity contribution >= 4 is 11.8 Å². The van der Waals surface area contributed by atoms with Gasteiger partial charge in [-0.3, -0.25) is 9.59 Å². The highest BCUT2D eigenvalue weighted by Gasteiger charge is 2.28. The van der Waals surface area contributed by atoms with E-state index in [0.29, 0.717) is 19.4 Å². The molecule has 1 aliphatic heterocycles. The third-order valence-electron chi connectivity index (χ3n) is 3.52. The zero-order chi connectivity index (χ0) is 16.3. The van der Waals surface area contributed by atoms with Crippen molar-refractivity contribution < 1.29 is 18.4 Å². The smallest absolute Gasteiger partial charge is 0.280 e. The van der Waals surface area contributed by atoms with Crippen LogP contribution in [0.25, 0.3) is 0 Å². The summed E-state index contributed by atoms with van der Waals surface area (Å²) in [4.78, 5) is 32.5. The normalized spacial score (nSPS) is 17.9. The van der Waals surface area contributed by atoms with Gasteiger partial charge in [-0.05, 0) is 26.3 Å². The van der Waals surface area contributed by atoms with E-state index in [9.17, 15) is 18.4 Å². The number of alkyl halides is 2. The molecule has 1 atom stereocenters. The monoisotopic (exact) mass is 312 g/mol. The third kappa shape index (κ3) is 3.75. The minimum atomic E-state index is -2.75. The average molecular weight is 312 g/mol. The first kappa shape index (κ1) is 16.3. The van der Waals surface area contributed by atoms with Gasteiger partial charge in [-0.15, -0.1) is 0 Å². The van der Waals surface area contributed by atoms with E-state index in [2.05, 4.69) is 15.3 Å². The topological polar surface area (TPSA) is 75.2 Å². The van der Waals surface area contributed by atoms with Crippen molar-refractivity contribution in [2.45, 2.75) is 45.2 Å². The van der Waals surface area contributed by atoms with Crippen molar-refractivity contribution in [2.24, 2.45) is 0 Å². The molecular weight excluding hydrogens is 294 g/mol. The predicted octanol–water partition coefficient (Wildman–Crippen LogP) is 1.54. The maximum absolute atomic E-state index is 12.7. The summed E-state index contributed by atoms with van der Waals surface area (Å²) in [7, 11) is 0. The van der Waals surface area contributed by atoms with Gasteiger partial charge in [0.05, 0.1) is 0 Å². The summed E-state index contributed by atoms with van der Waals surface area (Å²) in [6, 6.07) is 0.750. The molecule has 1 aliphatic rings. The van der Waals surface area contributed by atoms with Crippen molar-refractivity contribution in [1.82, 2.24) is 20.2 Å². The van der Waals surface area contributed by atoms with E-state index in [1.54, 1.807) is 0 Å². The molecule has 0 radical (unpaired) electrons. The zero-order valence-corrected chi connectivity index (χ0v) is 12.4. The predicted molar refractivity (Wildman–Crippen MR) is 74.3 cm³/mol. The molecule has 0 aromatic carbocycles. The highest BCUT2D eigenvalue weighted by atomic mass is 19.3. The molecule has 120 valence electrons. The van der Waals surface area contributed by atoms with Crippen LogP contribution in [0.1, 0.15) is 49.3 Å². The largest absolute Gasteiger partial charge is 0.352 e. The molecule has 0 bridgehead atoms. The minimum absolute atomic E-state index is 0.0387. The fraction of sp³-hybridized carbons (Fsp3) is 0.571. The van der Waals surface area contributed by atoms with Gasteiger partial charge in [0.1, 0.15) is 17.7 Å². The van der Waals surface area contributed by atoms with E-state index in [4.69, 9.17) is 0 Å². The van der Waals surface area contributed by atoms with Gasteiger partial charge in [0.2, 0.25) is 5.91 Å². The maximum Gasteiger partial charge on any atom is 0.280 e. The Balaban J connectivity index is 2.15. The Morgan fingerprint density at radius 3 is 2.73 bits per heavy atom. The molecule has 6 nitrogen and oxygen atoms in total. The standard InChI is InChI=1S/C14H18F2N4O2/c1-8(2)20(6-9-3-4-12(21)19-9)14(22)11-5-10(13(15)16)17-7-18-11/h5,7-9,13H,3-4,6H2,1-2H3,(H,19,21). The summed E-state index contributed by atoms with van der Waals surface area (Å²) < 4.78 is 25.4. The Labute approximate surface area is 126 Å². The number of hydrogen-bond donors (Lipinski definition) is 1. The Bertz CT molecular complexity index is 566. The van der Waals surface area contributed by atoms with E-state index in [0.717, 1.165) is 12.4 Å². The van der Waals surface area contributed by atoms with Crippen LogP contribution >= 0.6 is 0 Å². The fourth-order valence-electron chi connectivity index (χ4n) is 2.34. The molecule has 2 heterocycles. The number of nitrogens with zero attached hydrogens (tertiary/aromatic N) is 3. The Kier molecular flexibility index (Phi) is 4.99. The first-order chi connectivity index (χ1) is 10.4. The zero-order valence-electron chi connectivity index (χ0n) is 12.4. The van der Waals surface area contributed by atoms with E-state index >= 15 is 0 Å². The number of rotatable bonds is 5. The van der Waals surface area contributed by atoms with Crippen molar-refractivity contribution in [3.8, 4) is 0 Å². The fourth-order valence-corrected chi connectivity index (χ4v) is 2.34. The van der Waals surface area contributed by atoms with Crippen LogP contribution < -0.4 is 5.32 Å². The molecule has 0 spiro atoms. The summed E-state index contributed by atoms with van der Waals surface area (Å²) in [5.74, 6) is -0.483. The van der Waals surface area contributed by atoms with E-state index < -0.39 is 18.0 Å². The van der Waals surface area contributed by atoms with Crippen LogP contribution in [0.3, 0.4) is 0 Å². The van der Waals surface area contributed by atoms with E-state index in [-0.39, 0.29) is 23.7 Å². The van der Waals surface area contributed by atoms with Crippen LogP contribution in [-0.4, -0.2) is 45.3 Å². The van der Waals surface area contributed by atoms with Crippen LogP contribution in [0, 0.1) is 0 Å². The maximum atomic E-state index is 12.7. The summed E-state index contributed by atoms with van der Waals surface area (Å²) in [6.45, 7) is 3.98. The van der Waals surface area contributed by atoms with Crippen LogP contribution in [0.2, 0.25) is 0 Å². The second-order valence-corrected chi connectivity index (χ2v) is 5.48. The number of hydrogen-bond acceptors (Lipinski definition) is 4. The highest BCUT2D eigenvalue weighted by molar-refractivity contribution is 5.92. The average Bonchev–Trinajstić information content (AvgIpc) is 2.89. The van der Waals surface area contributed by atoms with Crippen LogP contribution in [0.4, 0.5) is 8.78 Å². The van der Waals surface area contributed by atoms with E-state index in [1.807, 2.05) is 13.8 Å². The number of nitrogens with one attached hydrogen (secondary N) is 1. The third-order valence-corrected chi connectivity index (χ3v) is 3.52. The van der Waals surface area contributed by atoms with Gasteiger partial charge in [0.25, 0.3) is 12.3 Å². The Hall–Kier alpha value is -2.12.